The number of tetrazole rings is 1. The molecule has 6 rings (SSSR count). The maximum atomic E-state index is 13.0. The first kappa shape index (κ1) is 20.6. The standard InChI is InChI=1S/C23H28N6O4/c30-23-16(8-15-9-20-21(33-14-32-20)10-19(15)24-23)11-28(12-18-6-3-7-31-18)13-22-25-26-27-29(22)17-4-1-2-5-17/h8-10,17-18H,1-7,11-14H2,(H,24,30). The van der Waals surface area contributed by atoms with Crippen LogP contribution in [0.1, 0.15) is 56.0 Å². The summed E-state index contributed by atoms with van der Waals surface area (Å²) in [5.74, 6) is 2.21. The number of aromatic amines is 1. The molecule has 1 aromatic carbocycles. The molecular formula is C23H28N6O4. The third kappa shape index (κ3) is 4.20. The molecule has 0 spiro atoms. The van der Waals surface area contributed by atoms with Crippen molar-refractivity contribution in [3.63, 3.8) is 0 Å². The number of nitrogens with zero attached hydrogens (tertiary/aromatic N) is 5. The number of hydrogen-bond donors (Lipinski definition) is 1. The van der Waals surface area contributed by atoms with Crippen LogP contribution in [-0.4, -0.2) is 56.1 Å². The second kappa shape index (κ2) is 8.75. The Morgan fingerprint density at radius 1 is 1.06 bits per heavy atom. The van der Waals surface area contributed by atoms with Crippen LogP contribution >= 0.6 is 0 Å². The van der Waals surface area contributed by atoms with Crippen LogP contribution < -0.4 is 15.0 Å². The van der Waals surface area contributed by atoms with E-state index in [0.717, 1.165) is 55.6 Å². The van der Waals surface area contributed by atoms with Crippen LogP contribution in [0.5, 0.6) is 11.5 Å². The predicted octanol–water partition coefficient (Wildman–Crippen LogP) is 2.54. The molecule has 10 nitrogen and oxygen atoms in total. The minimum atomic E-state index is -0.103. The molecule has 3 aliphatic rings. The lowest BCUT2D eigenvalue weighted by molar-refractivity contribution is 0.0661. The summed E-state index contributed by atoms with van der Waals surface area (Å²) in [5.41, 5.74) is 1.33. The van der Waals surface area contributed by atoms with E-state index in [2.05, 4.69) is 25.4 Å². The highest BCUT2D eigenvalue weighted by atomic mass is 16.7. The lowest BCUT2D eigenvalue weighted by Crippen LogP contribution is -2.34. The van der Waals surface area contributed by atoms with Crippen molar-refractivity contribution in [2.75, 3.05) is 19.9 Å². The topological polar surface area (TPSA) is 107 Å². The van der Waals surface area contributed by atoms with Crippen molar-refractivity contribution in [1.29, 1.82) is 0 Å². The summed E-state index contributed by atoms with van der Waals surface area (Å²) in [6.07, 6.45) is 6.93. The Labute approximate surface area is 190 Å². The van der Waals surface area contributed by atoms with E-state index in [4.69, 9.17) is 14.2 Å². The van der Waals surface area contributed by atoms with Crippen LogP contribution in [0.25, 0.3) is 10.9 Å². The highest BCUT2D eigenvalue weighted by molar-refractivity contribution is 5.83. The summed E-state index contributed by atoms with van der Waals surface area (Å²) in [6.45, 7) is 2.78. The van der Waals surface area contributed by atoms with Crippen molar-refractivity contribution in [1.82, 2.24) is 30.1 Å². The molecule has 0 bridgehead atoms. The Morgan fingerprint density at radius 3 is 2.73 bits per heavy atom. The Morgan fingerprint density at radius 2 is 1.91 bits per heavy atom. The van der Waals surface area contributed by atoms with E-state index in [1.807, 2.05) is 22.9 Å². The smallest absolute Gasteiger partial charge is 0.252 e. The first-order valence-corrected chi connectivity index (χ1v) is 11.8. The molecule has 1 saturated carbocycles. The number of ether oxygens (including phenoxy) is 3. The number of pyridine rings is 1. The van der Waals surface area contributed by atoms with Gasteiger partial charge in [-0.05, 0) is 48.2 Å². The van der Waals surface area contributed by atoms with Crippen LogP contribution in [0.2, 0.25) is 0 Å². The number of benzene rings is 1. The Balaban J connectivity index is 1.28. The monoisotopic (exact) mass is 452 g/mol. The van der Waals surface area contributed by atoms with Gasteiger partial charge in [-0.15, -0.1) is 5.10 Å². The van der Waals surface area contributed by atoms with Gasteiger partial charge in [-0.3, -0.25) is 9.69 Å². The summed E-state index contributed by atoms with van der Waals surface area (Å²) in [5, 5.41) is 13.5. The fraction of sp³-hybridized carbons (Fsp3) is 0.565. The summed E-state index contributed by atoms with van der Waals surface area (Å²) in [7, 11) is 0. The first-order valence-electron chi connectivity index (χ1n) is 11.8. The lowest BCUT2D eigenvalue weighted by Gasteiger charge is -2.25. The fourth-order valence-electron chi connectivity index (χ4n) is 5.21. The highest BCUT2D eigenvalue weighted by Gasteiger charge is 2.25. The average molecular weight is 453 g/mol. The van der Waals surface area contributed by atoms with E-state index in [9.17, 15) is 4.79 Å². The fourth-order valence-corrected chi connectivity index (χ4v) is 5.21. The van der Waals surface area contributed by atoms with E-state index in [1.165, 1.54) is 12.8 Å². The normalized spacial score (nSPS) is 20.5. The Bertz CT molecular complexity index is 1200. The van der Waals surface area contributed by atoms with Crippen LogP contribution in [0.15, 0.2) is 23.0 Å². The van der Waals surface area contributed by atoms with Gasteiger partial charge in [-0.2, -0.15) is 0 Å². The number of nitrogens with one attached hydrogen (secondary N) is 1. The SMILES string of the molecule is O=c1[nH]c2cc3c(cc2cc1CN(Cc1nnnn1C1CCCC1)CC1CCCO1)OCO3. The van der Waals surface area contributed by atoms with Crippen molar-refractivity contribution in [2.45, 2.75) is 63.8 Å². The molecule has 1 saturated heterocycles. The van der Waals surface area contributed by atoms with Gasteiger partial charge in [0.05, 0.1) is 24.2 Å². The van der Waals surface area contributed by atoms with Gasteiger partial charge < -0.3 is 19.2 Å². The van der Waals surface area contributed by atoms with Gasteiger partial charge in [0.2, 0.25) is 6.79 Å². The molecule has 2 fully saturated rings. The maximum Gasteiger partial charge on any atom is 0.252 e. The molecule has 3 aromatic rings. The van der Waals surface area contributed by atoms with E-state index < -0.39 is 0 Å². The Kier molecular flexibility index (Phi) is 5.47. The predicted molar refractivity (Wildman–Crippen MR) is 119 cm³/mol. The molecule has 1 aliphatic carbocycles. The van der Waals surface area contributed by atoms with E-state index >= 15 is 0 Å². The van der Waals surface area contributed by atoms with Crippen LogP contribution in [0.3, 0.4) is 0 Å². The zero-order chi connectivity index (χ0) is 22.2. The number of hydrogen-bond acceptors (Lipinski definition) is 8. The summed E-state index contributed by atoms with van der Waals surface area (Å²) in [4.78, 5) is 18.2. The molecule has 10 heteroatoms. The third-order valence-electron chi connectivity index (χ3n) is 6.89. The van der Waals surface area contributed by atoms with Gasteiger partial charge in [-0.1, -0.05) is 12.8 Å². The molecule has 174 valence electrons. The number of H-pyrrole nitrogens is 1. The highest BCUT2D eigenvalue weighted by Crippen LogP contribution is 2.35. The van der Waals surface area contributed by atoms with Gasteiger partial charge in [0.1, 0.15) is 0 Å². The van der Waals surface area contributed by atoms with Crippen molar-refractivity contribution in [3.05, 3.63) is 39.9 Å². The number of aromatic nitrogens is 5. The lowest BCUT2D eigenvalue weighted by atomic mass is 10.1. The molecule has 0 amide bonds. The number of fused-ring (bicyclic) bond motifs is 2. The minimum Gasteiger partial charge on any atom is -0.454 e. The van der Waals surface area contributed by atoms with Crippen LogP contribution in [-0.2, 0) is 17.8 Å². The molecular weight excluding hydrogens is 424 g/mol. The molecule has 2 aromatic heterocycles. The quantitative estimate of drug-likeness (QED) is 0.583. The first-order chi connectivity index (χ1) is 16.2. The molecule has 33 heavy (non-hydrogen) atoms. The minimum absolute atomic E-state index is 0.103. The molecule has 2 aliphatic heterocycles. The van der Waals surface area contributed by atoms with Crippen molar-refractivity contribution < 1.29 is 14.2 Å². The molecule has 1 unspecified atom stereocenters. The van der Waals surface area contributed by atoms with Crippen molar-refractivity contribution in [3.8, 4) is 11.5 Å². The zero-order valence-electron chi connectivity index (χ0n) is 18.5. The largest absolute Gasteiger partial charge is 0.454 e. The summed E-state index contributed by atoms with van der Waals surface area (Å²) < 4.78 is 18.8. The molecule has 0 radical (unpaired) electrons. The van der Waals surface area contributed by atoms with Crippen molar-refractivity contribution >= 4 is 10.9 Å². The van der Waals surface area contributed by atoms with Gasteiger partial charge in [0.15, 0.2) is 17.3 Å². The Hall–Kier alpha value is -2.98. The van der Waals surface area contributed by atoms with E-state index in [-0.39, 0.29) is 18.5 Å². The van der Waals surface area contributed by atoms with E-state index in [1.54, 1.807) is 0 Å². The molecule has 1 atom stereocenters. The zero-order valence-corrected chi connectivity index (χ0v) is 18.5. The second-order valence-corrected chi connectivity index (χ2v) is 9.20. The maximum absolute atomic E-state index is 13.0. The second-order valence-electron chi connectivity index (χ2n) is 9.20. The molecule has 1 N–H and O–H groups in total. The van der Waals surface area contributed by atoms with Gasteiger partial charge in [0, 0.05) is 36.7 Å². The number of rotatable bonds is 7. The van der Waals surface area contributed by atoms with Crippen molar-refractivity contribution in [2.24, 2.45) is 0 Å². The van der Waals surface area contributed by atoms with Crippen LogP contribution in [0, 0.1) is 0 Å². The van der Waals surface area contributed by atoms with E-state index in [0.29, 0.717) is 36.2 Å². The average Bonchev–Trinajstić information content (AvgIpc) is 3.59. The van der Waals surface area contributed by atoms with Gasteiger partial charge >= 0.3 is 0 Å². The third-order valence-corrected chi connectivity index (χ3v) is 6.89. The summed E-state index contributed by atoms with van der Waals surface area (Å²) >= 11 is 0. The summed E-state index contributed by atoms with van der Waals surface area (Å²) in [6, 6.07) is 6.05. The van der Waals surface area contributed by atoms with Gasteiger partial charge in [0.25, 0.3) is 5.56 Å². The van der Waals surface area contributed by atoms with Crippen LogP contribution in [0.4, 0.5) is 0 Å². The van der Waals surface area contributed by atoms with Gasteiger partial charge in [-0.25, -0.2) is 4.68 Å². The molecule has 4 heterocycles.